The van der Waals surface area contributed by atoms with Crippen LogP contribution in [0.3, 0.4) is 0 Å². The summed E-state index contributed by atoms with van der Waals surface area (Å²) in [5, 5.41) is 11.0. The summed E-state index contributed by atoms with van der Waals surface area (Å²) in [7, 11) is 0. The summed E-state index contributed by atoms with van der Waals surface area (Å²) < 4.78 is 48.0. The Kier molecular flexibility index (Phi) is 12.4. The van der Waals surface area contributed by atoms with Gasteiger partial charge in [-0.2, -0.15) is 17.4 Å². The number of hydrogen-bond donors (Lipinski definition) is 3. The molecule has 2 aromatic carbocycles. The van der Waals surface area contributed by atoms with Gasteiger partial charge in [0, 0.05) is 28.5 Å². The maximum absolute atomic E-state index is 13.4. The lowest BCUT2D eigenvalue weighted by Gasteiger charge is -2.17. The molecule has 2 rings (SSSR count). The van der Waals surface area contributed by atoms with Gasteiger partial charge in [-0.1, -0.05) is 23.7 Å². The van der Waals surface area contributed by atoms with Gasteiger partial charge >= 0.3 is 6.18 Å². The van der Waals surface area contributed by atoms with Crippen molar-refractivity contribution in [3.63, 3.8) is 0 Å². The molecule has 0 spiro atoms. The smallest absolute Gasteiger partial charge is 0.380 e. The van der Waals surface area contributed by atoms with Crippen molar-refractivity contribution in [3.8, 4) is 0 Å². The van der Waals surface area contributed by atoms with Crippen LogP contribution in [0.25, 0.3) is 6.08 Å². The van der Waals surface area contributed by atoms with E-state index in [-0.39, 0.29) is 34.2 Å². The standard InChI is InChI=1S/C23H22ClF3N4O3S.OS/c1-13(28)17-7-14(8-20(35-2)22(34)31(12-32)11-21(29)33)3-6-19(17)30-10-15-4-5-16(24)9-18(15)23(25,26)27;1-2/h3-9,12,28,30H,10-11H2,1-2H3,(H2,29,33);/b20-8-,28-13?;. The molecular formula is C23H22ClF3N4O4S2. The van der Waals surface area contributed by atoms with Gasteiger partial charge in [0.2, 0.25) is 12.3 Å². The van der Waals surface area contributed by atoms with Crippen LogP contribution in [0.4, 0.5) is 18.9 Å². The second kappa shape index (κ2) is 14.4. The summed E-state index contributed by atoms with van der Waals surface area (Å²) >= 11 is 9.61. The van der Waals surface area contributed by atoms with E-state index in [1.165, 1.54) is 25.1 Å². The van der Waals surface area contributed by atoms with E-state index in [4.69, 9.17) is 27.0 Å². The first kappa shape index (κ1) is 31.7. The molecule has 0 radical (unpaired) electrons. The van der Waals surface area contributed by atoms with Crippen molar-refractivity contribution < 1.29 is 31.8 Å². The summed E-state index contributed by atoms with van der Waals surface area (Å²) in [5.41, 5.74) is 5.64. The van der Waals surface area contributed by atoms with Crippen molar-refractivity contribution in [2.75, 3.05) is 18.1 Å². The van der Waals surface area contributed by atoms with Gasteiger partial charge in [0.05, 0.1) is 10.5 Å². The lowest BCUT2D eigenvalue weighted by Crippen LogP contribution is -2.37. The minimum Gasteiger partial charge on any atom is -0.380 e. The van der Waals surface area contributed by atoms with E-state index >= 15 is 0 Å². The van der Waals surface area contributed by atoms with Gasteiger partial charge in [-0.3, -0.25) is 19.3 Å². The summed E-state index contributed by atoms with van der Waals surface area (Å²) in [6, 6.07) is 8.27. The van der Waals surface area contributed by atoms with Gasteiger partial charge in [-0.25, -0.2) is 0 Å². The highest BCUT2D eigenvalue weighted by Gasteiger charge is 2.33. The number of rotatable bonds is 10. The van der Waals surface area contributed by atoms with Crippen LogP contribution < -0.4 is 11.1 Å². The second-order valence-electron chi connectivity index (χ2n) is 7.30. The predicted octanol–water partition coefficient (Wildman–Crippen LogP) is 4.20. The minimum absolute atomic E-state index is 0.0156. The minimum atomic E-state index is -4.58. The monoisotopic (exact) mass is 574 g/mol. The van der Waals surface area contributed by atoms with Gasteiger partial charge in [0.15, 0.2) is 12.5 Å². The van der Waals surface area contributed by atoms with E-state index in [1.54, 1.807) is 24.5 Å². The molecule has 0 fully saturated rings. The Morgan fingerprint density at radius 1 is 1.22 bits per heavy atom. The predicted molar refractivity (Wildman–Crippen MR) is 139 cm³/mol. The van der Waals surface area contributed by atoms with Crippen LogP contribution in [0.15, 0.2) is 41.3 Å². The van der Waals surface area contributed by atoms with Crippen LogP contribution in [0, 0.1) is 5.41 Å². The number of halogens is 4. The third-order valence-electron chi connectivity index (χ3n) is 4.74. The molecule has 0 heterocycles. The molecule has 14 heteroatoms. The number of thioether (sulfide) groups is 1. The maximum Gasteiger partial charge on any atom is 0.416 e. The molecule has 37 heavy (non-hydrogen) atoms. The van der Waals surface area contributed by atoms with E-state index in [1.807, 2.05) is 0 Å². The zero-order valence-electron chi connectivity index (χ0n) is 19.5. The first-order valence-electron chi connectivity index (χ1n) is 10.1. The van der Waals surface area contributed by atoms with Crippen LogP contribution in [-0.4, -0.2) is 45.8 Å². The van der Waals surface area contributed by atoms with Crippen molar-refractivity contribution >= 4 is 71.6 Å². The highest BCUT2D eigenvalue weighted by atomic mass is 35.5. The van der Waals surface area contributed by atoms with Crippen LogP contribution in [-0.2, 0) is 39.6 Å². The average molecular weight is 575 g/mol. The molecule has 0 saturated carbocycles. The topological polar surface area (TPSA) is 133 Å². The SMILES string of the molecule is CS/C(=C\c1ccc(NCc2ccc(Cl)cc2C(F)(F)F)c(C(C)=N)c1)C(=O)N(C=O)CC(N)=O.O=S. The van der Waals surface area contributed by atoms with Crippen molar-refractivity contribution in [1.29, 1.82) is 5.41 Å². The van der Waals surface area contributed by atoms with Crippen LogP contribution in [0.5, 0.6) is 0 Å². The number of nitrogens with two attached hydrogens (primary N) is 1. The number of nitrogens with one attached hydrogen (secondary N) is 2. The average Bonchev–Trinajstić information content (AvgIpc) is 2.85. The summed E-state index contributed by atoms with van der Waals surface area (Å²) in [5.74, 6) is -1.57. The largest absolute Gasteiger partial charge is 0.416 e. The Balaban J connectivity index is 0.00000334. The molecule has 0 aliphatic heterocycles. The maximum atomic E-state index is 13.4. The van der Waals surface area contributed by atoms with Gasteiger partial charge in [-0.05, 0) is 54.6 Å². The fraction of sp³-hybridized carbons (Fsp3) is 0.217. The van der Waals surface area contributed by atoms with Crippen LogP contribution >= 0.6 is 23.4 Å². The van der Waals surface area contributed by atoms with E-state index in [9.17, 15) is 27.6 Å². The molecule has 3 amide bonds. The molecule has 198 valence electrons. The molecule has 0 aromatic heterocycles. The second-order valence-corrected chi connectivity index (χ2v) is 8.58. The quantitative estimate of drug-likeness (QED) is 0.220. The summed E-state index contributed by atoms with van der Waals surface area (Å²) in [6.07, 6.45) is -1.29. The number of alkyl halides is 3. The van der Waals surface area contributed by atoms with Gasteiger partial charge in [-0.15, -0.1) is 11.8 Å². The zero-order valence-corrected chi connectivity index (χ0v) is 21.9. The van der Waals surface area contributed by atoms with Crippen LogP contribution in [0.1, 0.15) is 29.2 Å². The van der Waals surface area contributed by atoms with Crippen molar-refractivity contribution in [2.24, 2.45) is 5.73 Å². The highest BCUT2D eigenvalue weighted by molar-refractivity contribution is 8.03. The van der Waals surface area contributed by atoms with E-state index < -0.39 is 30.1 Å². The Morgan fingerprint density at radius 3 is 2.38 bits per heavy atom. The van der Waals surface area contributed by atoms with Gasteiger partial charge in [0.1, 0.15) is 6.54 Å². The molecular weight excluding hydrogens is 553 g/mol. The molecule has 0 aliphatic rings. The van der Waals surface area contributed by atoms with Crippen molar-refractivity contribution in [1.82, 2.24) is 4.90 Å². The molecule has 0 aliphatic carbocycles. The number of nitrogens with zero attached hydrogens (tertiary/aromatic N) is 1. The number of primary amides is 1. The normalized spacial score (nSPS) is 11.1. The van der Waals surface area contributed by atoms with Crippen LogP contribution in [0.2, 0.25) is 5.02 Å². The lowest BCUT2D eigenvalue weighted by molar-refractivity contribution is -0.138. The number of anilines is 1. The van der Waals surface area contributed by atoms with Gasteiger partial charge < -0.3 is 16.5 Å². The Labute approximate surface area is 225 Å². The number of carbonyl (C=O) groups excluding carboxylic acids is 3. The Hall–Kier alpha value is -3.29. The number of carbonyl (C=O) groups is 3. The zero-order chi connectivity index (χ0) is 28.3. The number of amides is 3. The molecule has 8 nitrogen and oxygen atoms in total. The van der Waals surface area contributed by atoms with E-state index in [0.29, 0.717) is 21.7 Å². The molecule has 0 bridgehead atoms. The first-order chi connectivity index (χ1) is 17.4. The third-order valence-corrected chi connectivity index (χ3v) is 5.70. The third kappa shape index (κ3) is 9.26. The Bertz CT molecular complexity index is 1210. The molecule has 0 saturated heterocycles. The molecule has 0 unspecified atom stereocenters. The fourth-order valence-corrected chi connectivity index (χ4v) is 3.82. The first-order valence-corrected chi connectivity index (χ1v) is 12.1. The fourth-order valence-electron chi connectivity index (χ4n) is 3.10. The van der Waals surface area contributed by atoms with Crippen molar-refractivity contribution in [2.45, 2.75) is 19.6 Å². The van der Waals surface area contributed by atoms with E-state index in [0.717, 1.165) is 17.8 Å². The van der Waals surface area contributed by atoms with Gasteiger partial charge in [0.25, 0.3) is 5.91 Å². The highest BCUT2D eigenvalue weighted by Crippen LogP contribution is 2.34. The number of benzene rings is 2. The number of imide groups is 1. The van der Waals surface area contributed by atoms with E-state index in [2.05, 4.69) is 17.9 Å². The molecule has 0 atom stereocenters. The Morgan fingerprint density at radius 2 is 1.86 bits per heavy atom. The lowest BCUT2D eigenvalue weighted by atomic mass is 10.0. The summed E-state index contributed by atoms with van der Waals surface area (Å²) in [6.45, 7) is 0.773. The molecule has 4 N–H and O–H groups in total. The summed E-state index contributed by atoms with van der Waals surface area (Å²) in [4.78, 5) is 35.6. The molecule has 2 aromatic rings. The van der Waals surface area contributed by atoms with Crippen molar-refractivity contribution in [3.05, 3.63) is 68.6 Å². The number of hydrogen-bond acceptors (Lipinski definition) is 8.